The summed E-state index contributed by atoms with van der Waals surface area (Å²) in [6.45, 7) is 0. The van der Waals surface area contributed by atoms with Crippen molar-refractivity contribution < 1.29 is 14.5 Å². The molecule has 126 valence electrons. The van der Waals surface area contributed by atoms with Crippen LogP contribution in [0.15, 0.2) is 55.2 Å². The molecular weight excluding hydrogens is 328 g/mol. The zero-order valence-electron chi connectivity index (χ0n) is 12.7. The minimum absolute atomic E-state index is 0.0300. The second-order valence-electron chi connectivity index (χ2n) is 4.92. The molecular formula is C15H12N6O4. The molecule has 1 aromatic carbocycles. The van der Waals surface area contributed by atoms with E-state index in [-0.39, 0.29) is 22.6 Å². The number of H-pyrrole nitrogens is 1. The lowest BCUT2D eigenvalue weighted by Crippen LogP contribution is -2.41. The molecule has 0 radical (unpaired) electrons. The quantitative estimate of drug-likeness (QED) is 0.484. The van der Waals surface area contributed by atoms with Crippen molar-refractivity contribution in [2.24, 2.45) is 0 Å². The van der Waals surface area contributed by atoms with Gasteiger partial charge in [-0.25, -0.2) is 4.98 Å². The van der Waals surface area contributed by atoms with Crippen molar-refractivity contribution in [1.29, 1.82) is 0 Å². The van der Waals surface area contributed by atoms with Gasteiger partial charge in [0.2, 0.25) is 0 Å². The highest BCUT2D eigenvalue weighted by Gasteiger charge is 2.19. The fourth-order valence-corrected chi connectivity index (χ4v) is 2.16. The van der Waals surface area contributed by atoms with Gasteiger partial charge in [0.25, 0.3) is 17.5 Å². The number of nitrogens with one attached hydrogen (secondary N) is 3. The average Bonchev–Trinajstić information content (AvgIpc) is 3.32. The van der Waals surface area contributed by atoms with Gasteiger partial charge in [-0.2, -0.15) is 0 Å². The monoisotopic (exact) mass is 340 g/mol. The van der Waals surface area contributed by atoms with E-state index < -0.39 is 16.7 Å². The van der Waals surface area contributed by atoms with Crippen molar-refractivity contribution in [3.8, 4) is 5.69 Å². The number of carbonyl (C=O) groups excluding carboxylic acids is 2. The Morgan fingerprint density at radius 1 is 1.20 bits per heavy atom. The maximum absolute atomic E-state index is 12.1. The number of nitro groups is 1. The molecule has 0 bridgehead atoms. The molecule has 0 atom stereocenters. The summed E-state index contributed by atoms with van der Waals surface area (Å²) < 4.78 is 1.47. The van der Waals surface area contributed by atoms with Gasteiger partial charge in [0.1, 0.15) is 11.4 Å². The highest BCUT2D eigenvalue weighted by molar-refractivity contribution is 5.98. The molecule has 0 saturated carbocycles. The number of aromatic amines is 1. The Hall–Kier alpha value is -3.95. The molecule has 3 rings (SSSR count). The molecule has 0 saturated heterocycles. The number of carbonyl (C=O) groups is 2. The van der Waals surface area contributed by atoms with Gasteiger partial charge in [0.15, 0.2) is 0 Å². The Kier molecular flexibility index (Phi) is 4.24. The zero-order chi connectivity index (χ0) is 17.8. The van der Waals surface area contributed by atoms with Gasteiger partial charge >= 0.3 is 0 Å². The van der Waals surface area contributed by atoms with E-state index in [0.29, 0.717) is 0 Å². The Balaban J connectivity index is 1.78. The van der Waals surface area contributed by atoms with E-state index in [9.17, 15) is 19.7 Å². The number of hydrogen-bond donors (Lipinski definition) is 3. The highest BCUT2D eigenvalue weighted by Crippen LogP contribution is 2.24. The van der Waals surface area contributed by atoms with Crippen LogP contribution in [0.4, 0.5) is 5.69 Å². The van der Waals surface area contributed by atoms with Crippen LogP contribution in [0.25, 0.3) is 5.69 Å². The van der Waals surface area contributed by atoms with Crippen LogP contribution in [-0.2, 0) is 0 Å². The lowest BCUT2D eigenvalue weighted by Gasteiger charge is -2.08. The van der Waals surface area contributed by atoms with E-state index in [0.717, 1.165) is 6.07 Å². The normalized spacial score (nSPS) is 10.2. The number of hydrazine groups is 1. The molecule has 0 fully saturated rings. The zero-order valence-corrected chi connectivity index (χ0v) is 12.7. The first-order chi connectivity index (χ1) is 12.1. The molecule has 2 heterocycles. The van der Waals surface area contributed by atoms with Crippen molar-refractivity contribution in [2.75, 3.05) is 0 Å². The van der Waals surface area contributed by atoms with Crippen molar-refractivity contribution in [3.05, 3.63) is 76.6 Å². The van der Waals surface area contributed by atoms with E-state index in [1.54, 1.807) is 18.5 Å². The lowest BCUT2D eigenvalue weighted by atomic mass is 10.1. The van der Waals surface area contributed by atoms with Crippen LogP contribution in [0.3, 0.4) is 0 Å². The molecule has 0 aliphatic carbocycles. The number of amides is 2. The van der Waals surface area contributed by atoms with Crippen molar-refractivity contribution in [3.63, 3.8) is 0 Å². The van der Waals surface area contributed by atoms with Crippen molar-refractivity contribution in [2.45, 2.75) is 0 Å². The van der Waals surface area contributed by atoms with E-state index in [1.807, 2.05) is 0 Å². The molecule has 10 nitrogen and oxygen atoms in total. The number of benzene rings is 1. The highest BCUT2D eigenvalue weighted by atomic mass is 16.6. The number of nitrogens with zero attached hydrogens (tertiary/aromatic N) is 3. The number of imidazole rings is 1. The largest absolute Gasteiger partial charge is 0.357 e. The first kappa shape index (κ1) is 15.9. The molecule has 3 N–H and O–H groups in total. The van der Waals surface area contributed by atoms with Crippen molar-refractivity contribution >= 4 is 17.5 Å². The van der Waals surface area contributed by atoms with Gasteiger partial charge < -0.3 is 9.55 Å². The van der Waals surface area contributed by atoms with Crippen LogP contribution in [0.1, 0.15) is 20.8 Å². The second kappa shape index (κ2) is 6.66. The summed E-state index contributed by atoms with van der Waals surface area (Å²) in [7, 11) is 0. The summed E-state index contributed by atoms with van der Waals surface area (Å²) in [6.07, 6.45) is 6.02. The molecule has 25 heavy (non-hydrogen) atoms. The number of hydrogen-bond acceptors (Lipinski definition) is 5. The Morgan fingerprint density at radius 3 is 2.64 bits per heavy atom. The molecule has 10 heteroatoms. The van der Waals surface area contributed by atoms with Gasteiger partial charge in [-0.3, -0.25) is 30.6 Å². The maximum atomic E-state index is 12.1. The SMILES string of the molecule is O=C(NNC(=O)c1ccc[nH]1)c1ccc(-n2ccnc2)c([N+](=O)[O-])c1. The van der Waals surface area contributed by atoms with Crippen LogP contribution < -0.4 is 10.9 Å². The standard InChI is InChI=1S/C15H12N6O4/c22-14(18-19-15(23)11-2-1-5-17-11)10-3-4-12(13(8-10)21(24)25)20-7-6-16-9-20/h1-9,17H,(H,18,22)(H,19,23). The molecule has 2 amide bonds. The number of rotatable bonds is 4. The van der Waals surface area contributed by atoms with Gasteiger partial charge in [0.05, 0.1) is 11.3 Å². The van der Waals surface area contributed by atoms with E-state index in [4.69, 9.17) is 0 Å². The molecule has 0 aliphatic heterocycles. The third kappa shape index (κ3) is 3.37. The Bertz CT molecular complexity index is 918. The lowest BCUT2D eigenvalue weighted by molar-refractivity contribution is -0.384. The summed E-state index contributed by atoms with van der Waals surface area (Å²) in [5, 5.41) is 11.3. The van der Waals surface area contributed by atoms with E-state index in [2.05, 4.69) is 20.8 Å². The van der Waals surface area contributed by atoms with Gasteiger partial charge in [-0.05, 0) is 24.3 Å². The minimum atomic E-state index is -0.680. The van der Waals surface area contributed by atoms with Crippen LogP contribution in [-0.4, -0.2) is 31.3 Å². The summed E-state index contributed by atoms with van der Waals surface area (Å²) in [6, 6.07) is 7.15. The number of aromatic nitrogens is 3. The van der Waals surface area contributed by atoms with Crippen LogP contribution in [0.2, 0.25) is 0 Å². The van der Waals surface area contributed by atoms with Crippen molar-refractivity contribution in [1.82, 2.24) is 25.4 Å². The smallest absolute Gasteiger partial charge is 0.294 e. The molecule has 3 aromatic rings. The Labute approximate surface area is 140 Å². The Morgan fingerprint density at radius 2 is 2.00 bits per heavy atom. The summed E-state index contributed by atoms with van der Waals surface area (Å²) in [5.74, 6) is -1.22. The van der Waals surface area contributed by atoms with E-state index in [1.165, 1.54) is 35.3 Å². The molecule has 2 aromatic heterocycles. The summed E-state index contributed by atoms with van der Waals surface area (Å²) >= 11 is 0. The van der Waals surface area contributed by atoms with Gasteiger partial charge in [-0.15, -0.1) is 0 Å². The third-order valence-corrected chi connectivity index (χ3v) is 3.35. The fraction of sp³-hybridized carbons (Fsp3) is 0. The average molecular weight is 340 g/mol. The second-order valence-corrected chi connectivity index (χ2v) is 4.92. The predicted molar refractivity (Wildman–Crippen MR) is 85.9 cm³/mol. The first-order valence-corrected chi connectivity index (χ1v) is 7.07. The van der Waals surface area contributed by atoms with Crippen LogP contribution >= 0.6 is 0 Å². The predicted octanol–water partition coefficient (Wildman–Crippen LogP) is 1.18. The van der Waals surface area contributed by atoms with Gasteiger partial charge in [-0.1, -0.05) is 0 Å². The topological polar surface area (TPSA) is 135 Å². The maximum Gasteiger partial charge on any atom is 0.294 e. The third-order valence-electron chi connectivity index (χ3n) is 3.35. The molecule has 0 unspecified atom stereocenters. The van der Waals surface area contributed by atoms with Crippen LogP contribution in [0, 0.1) is 10.1 Å². The first-order valence-electron chi connectivity index (χ1n) is 7.07. The van der Waals surface area contributed by atoms with Crippen LogP contribution in [0.5, 0.6) is 0 Å². The summed E-state index contributed by atoms with van der Waals surface area (Å²) in [4.78, 5) is 41.1. The van der Waals surface area contributed by atoms with Gasteiger partial charge in [0, 0.05) is 30.2 Å². The summed E-state index contributed by atoms with van der Waals surface area (Å²) in [5.41, 5.74) is 4.73. The molecule has 0 spiro atoms. The molecule has 0 aliphatic rings. The minimum Gasteiger partial charge on any atom is -0.357 e. The fourth-order valence-electron chi connectivity index (χ4n) is 2.16. The van der Waals surface area contributed by atoms with E-state index >= 15 is 0 Å². The number of nitro benzene ring substituents is 1.